The van der Waals surface area contributed by atoms with E-state index in [9.17, 15) is 9.59 Å². The van der Waals surface area contributed by atoms with Gasteiger partial charge in [-0.1, -0.05) is 84.0 Å². The molecule has 0 bridgehead atoms. The van der Waals surface area contributed by atoms with Crippen LogP contribution < -0.4 is 0 Å². The minimum absolute atomic E-state index is 0. The van der Waals surface area contributed by atoms with Gasteiger partial charge in [-0.3, -0.25) is 9.59 Å². The van der Waals surface area contributed by atoms with Crippen molar-refractivity contribution in [2.24, 2.45) is 5.92 Å². The number of halogens is 2. The molecule has 0 saturated carbocycles. The minimum atomic E-state index is -0.679. The molecule has 6 heteroatoms. The molecule has 0 fully saturated rings. The molecule has 1 unspecified atom stereocenters. The zero-order valence-electron chi connectivity index (χ0n) is 16.4. The normalized spacial score (nSPS) is 11.3. The molecule has 0 amide bonds. The van der Waals surface area contributed by atoms with E-state index in [4.69, 9.17) is 10.2 Å². The molecule has 0 rings (SSSR count). The zero-order valence-corrected chi connectivity index (χ0v) is 18.1. The second-order valence-corrected chi connectivity index (χ2v) is 6.97. The molecular weight excluding hydrogens is 375 g/mol. The molecule has 0 saturated heterocycles. The van der Waals surface area contributed by atoms with Gasteiger partial charge in [0.2, 0.25) is 0 Å². The summed E-state index contributed by atoms with van der Waals surface area (Å²) in [6.45, 7) is 1.95. The van der Waals surface area contributed by atoms with Gasteiger partial charge in [-0.2, -0.15) is 0 Å². The van der Waals surface area contributed by atoms with Gasteiger partial charge < -0.3 is 10.2 Å². The molecule has 1 atom stereocenters. The highest BCUT2D eigenvalue weighted by Gasteiger charge is 2.13. The Labute approximate surface area is 172 Å². The van der Waals surface area contributed by atoms with E-state index in [-0.39, 0.29) is 30.7 Å². The van der Waals surface area contributed by atoms with Crippen LogP contribution in [0.15, 0.2) is 0 Å². The number of hydrogen-bond acceptors (Lipinski definition) is 2. The van der Waals surface area contributed by atoms with Crippen molar-refractivity contribution in [1.29, 1.82) is 0 Å². The lowest BCUT2D eigenvalue weighted by Gasteiger charge is -2.08. The fraction of sp³-hybridized carbons (Fsp3) is 0.900. The van der Waals surface area contributed by atoms with Crippen LogP contribution in [0.4, 0.5) is 0 Å². The molecule has 2 N–H and O–H groups in total. The Bertz CT molecular complexity index is 325. The molecule has 0 aliphatic carbocycles. The van der Waals surface area contributed by atoms with E-state index in [0.29, 0.717) is 6.42 Å². The first kappa shape index (κ1) is 30.3. The average molecular weight is 415 g/mol. The highest BCUT2D eigenvalue weighted by atomic mass is 35.5. The van der Waals surface area contributed by atoms with Gasteiger partial charge in [0.05, 0.1) is 5.92 Å². The standard InChI is InChI=1S/C20H38O4.2ClH/c1-2-18(20(23)24)16-14-12-10-8-6-4-3-5-7-9-11-13-15-17-19(21)22;;/h18H,2-17H2,1H3,(H,21,22)(H,23,24);2*1H. The van der Waals surface area contributed by atoms with Crippen molar-refractivity contribution in [2.75, 3.05) is 0 Å². The van der Waals surface area contributed by atoms with E-state index < -0.39 is 11.9 Å². The lowest BCUT2D eigenvalue weighted by molar-refractivity contribution is -0.142. The zero-order chi connectivity index (χ0) is 18.0. The lowest BCUT2D eigenvalue weighted by atomic mass is 9.98. The van der Waals surface area contributed by atoms with Gasteiger partial charge >= 0.3 is 11.9 Å². The van der Waals surface area contributed by atoms with Crippen LogP contribution in [0.3, 0.4) is 0 Å². The van der Waals surface area contributed by atoms with Crippen LogP contribution in [0.25, 0.3) is 0 Å². The summed E-state index contributed by atoms with van der Waals surface area (Å²) in [5.74, 6) is -1.46. The summed E-state index contributed by atoms with van der Waals surface area (Å²) in [7, 11) is 0. The summed E-state index contributed by atoms with van der Waals surface area (Å²) < 4.78 is 0. The van der Waals surface area contributed by atoms with Crippen LogP contribution in [-0.2, 0) is 9.59 Å². The fourth-order valence-corrected chi connectivity index (χ4v) is 3.11. The largest absolute Gasteiger partial charge is 0.481 e. The Kier molecular flexibility index (Phi) is 26.3. The van der Waals surface area contributed by atoms with E-state index in [1.807, 2.05) is 6.92 Å². The summed E-state index contributed by atoms with van der Waals surface area (Å²) in [6.07, 6.45) is 17.4. The Morgan fingerprint density at radius 2 is 1.00 bits per heavy atom. The first-order valence-corrected chi connectivity index (χ1v) is 10.0. The van der Waals surface area contributed by atoms with Crippen molar-refractivity contribution in [3.05, 3.63) is 0 Å². The maximum atomic E-state index is 10.9. The summed E-state index contributed by atoms with van der Waals surface area (Å²) in [6, 6.07) is 0. The lowest BCUT2D eigenvalue weighted by Crippen LogP contribution is -2.12. The maximum Gasteiger partial charge on any atom is 0.306 e. The van der Waals surface area contributed by atoms with E-state index in [2.05, 4.69) is 0 Å². The Morgan fingerprint density at radius 3 is 1.31 bits per heavy atom. The number of rotatable bonds is 18. The maximum absolute atomic E-state index is 10.9. The van der Waals surface area contributed by atoms with Crippen molar-refractivity contribution < 1.29 is 19.8 Å². The van der Waals surface area contributed by atoms with Gasteiger partial charge in [-0.05, 0) is 19.3 Å². The van der Waals surface area contributed by atoms with E-state index in [1.165, 1.54) is 64.2 Å². The highest BCUT2D eigenvalue weighted by molar-refractivity contribution is 5.85. The third-order valence-corrected chi connectivity index (χ3v) is 4.79. The number of carbonyl (C=O) groups is 2. The number of carboxylic acids is 2. The smallest absolute Gasteiger partial charge is 0.306 e. The van der Waals surface area contributed by atoms with Crippen LogP contribution in [-0.4, -0.2) is 22.2 Å². The van der Waals surface area contributed by atoms with Gasteiger partial charge in [-0.25, -0.2) is 0 Å². The Hall–Kier alpha value is -0.480. The molecule has 0 radical (unpaired) electrons. The van der Waals surface area contributed by atoms with Crippen LogP contribution in [0.1, 0.15) is 110 Å². The van der Waals surface area contributed by atoms with Gasteiger partial charge in [0, 0.05) is 6.42 Å². The minimum Gasteiger partial charge on any atom is -0.481 e. The second-order valence-electron chi connectivity index (χ2n) is 6.97. The molecule has 26 heavy (non-hydrogen) atoms. The van der Waals surface area contributed by atoms with Crippen LogP contribution in [0.2, 0.25) is 0 Å². The first-order valence-electron chi connectivity index (χ1n) is 10.0. The van der Waals surface area contributed by atoms with E-state index in [1.54, 1.807) is 0 Å². The highest BCUT2D eigenvalue weighted by Crippen LogP contribution is 2.16. The van der Waals surface area contributed by atoms with Crippen molar-refractivity contribution in [3.63, 3.8) is 0 Å². The molecule has 0 aliphatic heterocycles. The van der Waals surface area contributed by atoms with Crippen molar-refractivity contribution in [3.8, 4) is 0 Å². The van der Waals surface area contributed by atoms with Gasteiger partial charge in [0.25, 0.3) is 0 Å². The molecule has 0 aromatic heterocycles. The van der Waals surface area contributed by atoms with Crippen LogP contribution in [0.5, 0.6) is 0 Å². The second kappa shape index (κ2) is 22.6. The molecule has 0 spiro atoms. The van der Waals surface area contributed by atoms with Crippen molar-refractivity contribution >= 4 is 36.8 Å². The Morgan fingerprint density at radius 1 is 0.654 bits per heavy atom. The molecular formula is C20H40Cl2O4. The van der Waals surface area contributed by atoms with Crippen molar-refractivity contribution in [2.45, 2.75) is 110 Å². The number of aliphatic carboxylic acids is 2. The van der Waals surface area contributed by atoms with E-state index in [0.717, 1.165) is 32.1 Å². The molecule has 0 aliphatic rings. The average Bonchev–Trinajstić information content (AvgIpc) is 2.54. The fourth-order valence-electron chi connectivity index (χ4n) is 3.11. The van der Waals surface area contributed by atoms with Gasteiger partial charge in [0.15, 0.2) is 0 Å². The van der Waals surface area contributed by atoms with E-state index >= 15 is 0 Å². The third-order valence-electron chi connectivity index (χ3n) is 4.79. The quantitative estimate of drug-likeness (QED) is 0.239. The molecule has 158 valence electrons. The third kappa shape index (κ3) is 21.6. The summed E-state index contributed by atoms with van der Waals surface area (Å²) >= 11 is 0. The SMILES string of the molecule is CCC(CCCCCCCCCCCCCCCC(=O)O)C(=O)O.Cl.Cl. The molecule has 4 nitrogen and oxygen atoms in total. The van der Waals surface area contributed by atoms with Gasteiger partial charge in [0.1, 0.15) is 0 Å². The summed E-state index contributed by atoms with van der Waals surface area (Å²) in [5, 5.41) is 17.5. The topological polar surface area (TPSA) is 74.6 Å². The predicted octanol–water partition coefficient (Wildman–Crippen LogP) is 6.88. The number of carboxylic acid groups (broad SMARTS) is 2. The van der Waals surface area contributed by atoms with Crippen LogP contribution >= 0.6 is 24.8 Å². The van der Waals surface area contributed by atoms with Gasteiger partial charge in [-0.15, -0.1) is 24.8 Å². The summed E-state index contributed by atoms with van der Waals surface area (Å²) in [4.78, 5) is 21.3. The van der Waals surface area contributed by atoms with Crippen molar-refractivity contribution in [1.82, 2.24) is 0 Å². The predicted molar refractivity (Wildman–Crippen MR) is 113 cm³/mol. The molecule has 0 aromatic rings. The number of unbranched alkanes of at least 4 members (excludes halogenated alkanes) is 12. The molecule has 0 heterocycles. The Balaban J connectivity index is -0.00000264. The number of hydrogen-bond donors (Lipinski definition) is 2. The monoisotopic (exact) mass is 414 g/mol. The molecule has 0 aromatic carbocycles. The first-order chi connectivity index (χ1) is 11.6. The van der Waals surface area contributed by atoms with Crippen LogP contribution in [0, 0.1) is 5.92 Å². The summed E-state index contributed by atoms with van der Waals surface area (Å²) in [5.41, 5.74) is 0.